The summed E-state index contributed by atoms with van der Waals surface area (Å²) < 4.78 is 28.7. The number of hydrogen-bond acceptors (Lipinski definition) is 8. The minimum absolute atomic E-state index is 0.0225. The Bertz CT molecular complexity index is 1360. The van der Waals surface area contributed by atoms with Gasteiger partial charge in [-0.2, -0.15) is 0 Å². The summed E-state index contributed by atoms with van der Waals surface area (Å²) in [5, 5.41) is 10.4. The average Bonchev–Trinajstić information content (AvgIpc) is 2.98. The molecule has 0 aliphatic carbocycles. The van der Waals surface area contributed by atoms with Gasteiger partial charge in [0.05, 0.1) is 14.2 Å². The first-order valence-corrected chi connectivity index (χ1v) is 17.0. The van der Waals surface area contributed by atoms with Crippen molar-refractivity contribution in [1.82, 2.24) is 4.90 Å². The van der Waals surface area contributed by atoms with Gasteiger partial charge in [0.2, 0.25) is 0 Å². The second-order valence-corrected chi connectivity index (χ2v) is 16.5. The molecule has 0 saturated heterocycles. The summed E-state index contributed by atoms with van der Waals surface area (Å²) in [5.74, 6) is 0.137. The zero-order valence-corrected chi connectivity index (χ0v) is 27.2. The minimum Gasteiger partial charge on any atom is -0.504 e. The fourth-order valence-electron chi connectivity index (χ4n) is 4.07. The third kappa shape index (κ3) is 8.74. The highest BCUT2D eigenvalue weighted by molar-refractivity contribution is 6.74. The van der Waals surface area contributed by atoms with E-state index in [4.69, 9.17) is 23.4 Å². The lowest BCUT2D eigenvalue weighted by atomic mass is 10.0. The number of carbonyl (C=O) groups excluding carboxylic acids is 2. The Kier molecular flexibility index (Phi) is 11.2. The van der Waals surface area contributed by atoms with E-state index >= 15 is 0 Å². The second kappa shape index (κ2) is 14.4. The highest BCUT2D eigenvalue weighted by atomic mass is 28.4. The van der Waals surface area contributed by atoms with Gasteiger partial charge in [0.1, 0.15) is 25.1 Å². The van der Waals surface area contributed by atoms with Crippen molar-refractivity contribution >= 4 is 20.4 Å². The summed E-state index contributed by atoms with van der Waals surface area (Å²) in [6, 6.07) is 20.0. The number of hydrogen-bond donors (Lipinski definition) is 1. The molecule has 43 heavy (non-hydrogen) atoms. The van der Waals surface area contributed by atoms with E-state index in [1.165, 1.54) is 25.1 Å². The van der Waals surface area contributed by atoms with Crippen LogP contribution in [0.5, 0.6) is 17.2 Å². The van der Waals surface area contributed by atoms with Gasteiger partial charge in [0.25, 0.3) is 0 Å². The summed E-state index contributed by atoms with van der Waals surface area (Å²) in [6.45, 7) is 10.3. The largest absolute Gasteiger partial charge is 0.504 e. The standard InChI is InChI=1S/C33H43NO8Si/c1-33(2,3)43(7,8)42-30(25-16-19-28(39-6)27(35)20-25)29(31(36)40-21-24-14-17-26(38-5)18-15-24)34(4)32(37)41-22-23-12-10-9-11-13-23/h9-20,29-30,35H,21-22H2,1-8H3/t29-,30+/m0/s1. The fourth-order valence-corrected chi connectivity index (χ4v) is 5.33. The van der Waals surface area contributed by atoms with Crippen LogP contribution in [0.15, 0.2) is 72.8 Å². The number of aromatic hydroxyl groups is 1. The zero-order chi connectivity index (χ0) is 31.8. The van der Waals surface area contributed by atoms with E-state index in [-0.39, 0.29) is 29.8 Å². The molecule has 2 atom stereocenters. The van der Waals surface area contributed by atoms with Crippen LogP contribution < -0.4 is 9.47 Å². The molecule has 1 N–H and O–H groups in total. The number of carbonyl (C=O) groups is 2. The molecule has 3 rings (SSSR count). The van der Waals surface area contributed by atoms with Crippen molar-refractivity contribution in [3.8, 4) is 17.2 Å². The van der Waals surface area contributed by atoms with Gasteiger partial charge in [-0.3, -0.25) is 4.90 Å². The van der Waals surface area contributed by atoms with E-state index in [1.807, 2.05) is 30.3 Å². The number of phenols is 1. The maximum atomic E-state index is 14.0. The molecule has 9 nitrogen and oxygen atoms in total. The summed E-state index contributed by atoms with van der Waals surface area (Å²) in [4.78, 5) is 28.6. The lowest BCUT2D eigenvalue weighted by Crippen LogP contribution is -2.52. The van der Waals surface area contributed by atoms with E-state index in [0.717, 1.165) is 11.1 Å². The van der Waals surface area contributed by atoms with Crippen LogP contribution in [0.4, 0.5) is 4.79 Å². The van der Waals surface area contributed by atoms with Gasteiger partial charge in [0, 0.05) is 7.05 Å². The summed E-state index contributed by atoms with van der Waals surface area (Å²) in [7, 11) is 1.95. The van der Waals surface area contributed by atoms with E-state index in [9.17, 15) is 14.7 Å². The molecule has 3 aromatic rings. The maximum Gasteiger partial charge on any atom is 0.410 e. The lowest BCUT2D eigenvalue weighted by Gasteiger charge is -2.42. The average molecular weight is 610 g/mol. The molecule has 10 heteroatoms. The van der Waals surface area contributed by atoms with E-state index in [2.05, 4.69) is 33.9 Å². The summed E-state index contributed by atoms with van der Waals surface area (Å²) in [6.07, 6.45) is -1.72. The van der Waals surface area contributed by atoms with Crippen molar-refractivity contribution in [2.75, 3.05) is 21.3 Å². The summed E-state index contributed by atoms with van der Waals surface area (Å²) >= 11 is 0. The molecular weight excluding hydrogens is 566 g/mol. The normalized spacial score (nSPS) is 13.0. The third-order valence-corrected chi connectivity index (χ3v) is 12.2. The third-order valence-electron chi connectivity index (χ3n) is 7.74. The Balaban J connectivity index is 2.02. The van der Waals surface area contributed by atoms with Crippen molar-refractivity contribution in [2.24, 2.45) is 0 Å². The first-order valence-electron chi connectivity index (χ1n) is 14.0. The van der Waals surface area contributed by atoms with Gasteiger partial charge in [-0.25, -0.2) is 9.59 Å². The number of methoxy groups -OCH3 is 2. The molecule has 0 unspecified atom stereocenters. The fraction of sp³-hybridized carbons (Fsp3) is 0.394. The van der Waals surface area contributed by atoms with Crippen molar-refractivity contribution in [3.05, 3.63) is 89.5 Å². The molecule has 0 radical (unpaired) electrons. The number of nitrogens with zero attached hydrogens (tertiary/aromatic N) is 1. The van der Waals surface area contributed by atoms with E-state index < -0.39 is 32.5 Å². The van der Waals surface area contributed by atoms with Gasteiger partial charge in [0.15, 0.2) is 25.9 Å². The molecule has 1 amide bonds. The van der Waals surface area contributed by atoms with Crippen molar-refractivity contribution in [1.29, 1.82) is 0 Å². The van der Waals surface area contributed by atoms with Gasteiger partial charge in [-0.15, -0.1) is 0 Å². The van der Waals surface area contributed by atoms with Crippen LogP contribution in [0.1, 0.15) is 43.6 Å². The maximum absolute atomic E-state index is 14.0. The van der Waals surface area contributed by atoms with Crippen LogP contribution in [-0.4, -0.2) is 57.7 Å². The topological polar surface area (TPSA) is 104 Å². The highest BCUT2D eigenvalue weighted by Gasteiger charge is 2.46. The molecular formula is C33H43NO8Si. The highest BCUT2D eigenvalue weighted by Crippen LogP contribution is 2.42. The van der Waals surface area contributed by atoms with Crippen LogP contribution in [0.3, 0.4) is 0 Å². The van der Waals surface area contributed by atoms with Crippen LogP contribution in [0.25, 0.3) is 0 Å². The molecule has 0 bridgehead atoms. The van der Waals surface area contributed by atoms with Crippen molar-refractivity contribution in [2.45, 2.75) is 64.3 Å². The molecule has 0 spiro atoms. The molecule has 0 fully saturated rings. The van der Waals surface area contributed by atoms with Crippen LogP contribution in [-0.2, 0) is 31.9 Å². The molecule has 0 aliphatic heterocycles. The second-order valence-electron chi connectivity index (χ2n) is 11.8. The molecule has 0 heterocycles. The van der Waals surface area contributed by atoms with Gasteiger partial charge < -0.3 is 28.5 Å². The van der Waals surface area contributed by atoms with Crippen LogP contribution in [0, 0.1) is 0 Å². The van der Waals surface area contributed by atoms with Gasteiger partial charge in [-0.05, 0) is 59.1 Å². The first kappa shape index (κ1) is 33.5. The van der Waals surface area contributed by atoms with Crippen LogP contribution in [0.2, 0.25) is 18.1 Å². The SMILES string of the molecule is COc1ccc(COC(=O)[C@H]([C@H](O[Si](C)(C)C(C)(C)C)c2ccc(OC)c(O)c2)N(C)C(=O)OCc2ccccc2)cc1. The van der Waals surface area contributed by atoms with Crippen molar-refractivity contribution < 1.29 is 38.1 Å². The Hall–Kier alpha value is -4.02. The van der Waals surface area contributed by atoms with E-state index in [0.29, 0.717) is 11.3 Å². The Labute approximate surface area is 255 Å². The van der Waals surface area contributed by atoms with Gasteiger partial charge >= 0.3 is 12.1 Å². The Morgan fingerprint density at radius 1 is 0.860 bits per heavy atom. The number of phenolic OH excluding ortho intramolecular Hbond substituents is 1. The smallest absolute Gasteiger partial charge is 0.410 e. The lowest BCUT2D eigenvalue weighted by molar-refractivity contribution is -0.154. The van der Waals surface area contributed by atoms with Crippen molar-refractivity contribution in [3.63, 3.8) is 0 Å². The number of amides is 1. The molecule has 0 saturated carbocycles. The number of esters is 1. The quantitative estimate of drug-likeness (QED) is 0.176. The van der Waals surface area contributed by atoms with Crippen LogP contribution >= 0.6 is 0 Å². The predicted octanol–water partition coefficient (Wildman–Crippen LogP) is 6.85. The van der Waals surface area contributed by atoms with E-state index in [1.54, 1.807) is 43.5 Å². The first-order chi connectivity index (χ1) is 20.3. The number of rotatable bonds is 12. The minimum atomic E-state index is -2.56. The number of ether oxygens (including phenoxy) is 4. The molecule has 0 aromatic heterocycles. The monoisotopic (exact) mass is 609 g/mol. The molecule has 3 aromatic carbocycles. The van der Waals surface area contributed by atoms with Gasteiger partial charge in [-0.1, -0.05) is 69.3 Å². The Morgan fingerprint density at radius 3 is 2.02 bits per heavy atom. The summed E-state index contributed by atoms with van der Waals surface area (Å²) in [5.41, 5.74) is 2.03. The molecule has 0 aliphatic rings. The number of benzene rings is 3. The molecule has 232 valence electrons. The zero-order valence-electron chi connectivity index (χ0n) is 26.2. The predicted molar refractivity (Wildman–Crippen MR) is 167 cm³/mol. The number of likely N-dealkylation sites (N-methyl/N-ethyl adjacent to an activating group) is 1. The Morgan fingerprint density at radius 2 is 1.47 bits per heavy atom.